The average Bonchev–Trinajstić information content (AvgIpc) is 2.42. The van der Waals surface area contributed by atoms with E-state index in [2.05, 4.69) is 5.32 Å². The maximum absolute atomic E-state index is 11.7. The first kappa shape index (κ1) is 16.1. The first-order valence-electron chi connectivity index (χ1n) is 6.36. The highest BCUT2D eigenvalue weighted by Gasteiger charge is 2.13. The second kappa shape index (κ2) is 7.62. The minimum absolute atomic E-state index is 0.147. The molecular formula is C14H20N2O4. The molecule has 0 radical (unpaired) electrons. The van der Waals surface area contributed by atoms with E-state index in [0.717, 1.165) is 5.56 Å². The SMILES string of the molecule is CC(C)OCc1ccc(C(=O)NCC(O)C(N)=O)cc1. The summed E-state index contributed by atoms with van der Waals surface area (Å²) in [5.74, 6) is -1.24. The van der Waals surface area contributed by atoms with Gasteiger partial charge in [0.15, 0.2) is 0 Å². The quantitative estimate of drug-likeness (QED) is 0.663. The lowest BCUT2D eigenvalue weighted by Gasteiger charge is -2.10. The van der Waals surface area contributed by atoms with Crippen molar-refractivity contribution in [1.82, 2.24) is 5.32 Å². The second-order valence-corrected chi connectivity index (χ2v) is 4.68. The molecule has 0 aliphatic rings. The number of primary amides is 1. The molecule has 1 aromatic carbocycles. The van der Waals surface area contributed by atoms with E-state index in [1.165, 1.54) is 0 Å². The van der Waals surface area contributed by atoms with Gasteiger partial charge in [0.05, 0.1) is 19.3 Å². The molecule has 0 fully saturated rings. The van der Waals surface area contributed by atoms with E-state index in [1.54, 1.807) is 24.3 Å². The van der Waals surface area contributed by atoms with Crippen LogP contribution < -0.4 is 11.1 Å². The van der Waals surface area contributed by atoms with E-state index in [0.29, 0.717) is 12.2 Å². The van der Waals surface area contributed by atoms with Crippen LogP contribution in [0.1, 0.15) is 29.8 Å². The number of nitrogens with one attached hydrogen (secondary N) is 1. The van der Waals surface area contributed by atoms with Crippen molar-refractivity contribution in [2.45, 2.75) is 32.7 Å². The number of rotatable bonds is 7. The fourth-order valence-corrected chi connectivity index (χ4v) is 1.41. The van der Waals surface area contributed by atoms with Gasteiger partial charge in [0.2, 0.25) is 5.91 Å². The Morgan fingerprint density at radius 3 is 2.40 bits per heavy atom. The highest BCUT2D eigenvalue weighted by atomic mass is 16.5. The number of hydrogen-bond donors (Lipinski definition) is 3. The van der Waals surface area contributed by atoms with Crippen molar-refractivity contribution in [3.05, 3.63) is 35.4 Å². The molecule has 0 saturated heterocycles. The number of aliphatic hydroxyl groups is 1. The summed E-state index contributed by atoms with van der Waals surface area (Å²) >= 11 is 0. The molecule has 0 aliphatic heterocycles. The van der Waals surface area contributed by atoms with Crippen LogP contribution >= 0.6 is 0 Å². The maximum atomic E-state index is 11.7. The van der Waals surface area contributed by atoms with E-state index in [-0.39, 0.29) is 18.6 Å². The van der Waals surface area contributed by atoms with Gasteiger partial charge in [-0.05, 0) is 31.5 Å². The lowest BCUT2D eigenvalue weighted by molar-refractivity contribution is -0.125. The van der Waals surface area contributed by atoms with E-state index < -0.39 is 12.0 Å². The number of ether oxygens (including phenoxy) is 1. The average molecular weight is 280 g/mol. The summed E-state index contributed by atoms with van der Waals surface area (Å²) in [6.07, 6.45) is -1.23. The summed E-state index contributed by atoms with van der Waals surface area (Å²) in [5, 5.41) is 11.6. The summed E-state index contributed by atoms with van der Waals surface area (Å²) in [4.78, 5) is 22.4. The van der Waals surface area contributed by atoms with Crippen molar-refractivity contribution < 1.29 is 19.4 Å². The fourth-order valence-electron chi connectivity index (χ4n) is 1.41. The number of aliphatic hydroxyl groups excluding tert-OH is 1. The van der Waals surface area contributed by atoms with Crippen molar-refractivity contribution in [2.75, 3.05) is 6.54 Å². The predicted octanol–water partition coefficient (Wildman–Crippen LogP) is 0.188. The van der Waals surface area contributed by atoms with Crippen LogP contribution in [-0.4, -0.2) is 35.7 Å². The largest absolute Gasteiger partial charge is 0.381 e. The van der Waals surface area contributed by atoms with Crippen LogP contribution in [0.25, 0.3) is 0 Å². The smallest absolute Gasteiger partial charge is 0.251 e. The monoisotopic (exact) mass is 280 g/mol. The lowest BCUT2D eigenvalue weighted by atomic mass is 10.1. The third-order valence-electron chi connectivity index (χ3n) is 2.58. The molecule has 0 aliphatic carbocycles. The molecule has 6 nitrogen and oxygen atoms in total. The molecule has 0 bridgehead atoms. The number of carbonyl (C=O) groups is 2. The standard InChI is InChI=1S/C14H20N2O4/c1-9(2)20-8-10-3-5-11(6-4-10)14(19)16-7-12(17)13(15)18/h3-6,9,12,17H,7-8H2,1-2H3,(H2,15,18)(H,16,19). The molecule has 0 heterocycles. The van der Waals surface area contributed by atoms with Crippen LogP contribution in [0.15, 0.2) is 24.3 Å². The molecule has 6 heteroatoms. The summed E-state index contributed by atoms with van der Waals surface area (Å²) in [6.45, 7) is 4.18. The number of amides is 2. The Balaban J connectivity index is 2.51. The lowest BCUT2D eigenvalue weighted by Crippen LogP contribution is -2.39. The predicted molar refractivity (Wildman–Crippen MR) is 73.9 cm³/mol. The van der Waals surface area contributed by atoms with Crippen LogP contribution in [0.3, 0.4) is 0 Å². The maximum Gasteiger partial charge on any atom is 0.251 e. The Kier molecular flexibility index (Phi) is 6.14. The topological polar surface area (TPSA) is 102 Å². The molecule has 1 aromatic rings. The van der Waals surface area contributed by atoms with Crippen LogP contribution in [0.5, 0.6) is 0 Å². The van der Waals surface area contributed by atoms with Gasteiger partial charge in [-0.2, -0.15) is 0 Å². The molecule has 4 N–H and O–H groups in total. The molecule has 0 aromatic heterocycles. The second-order valence-electron chi connectivity index (χ2n) is 4.68. The molecule has 1 atom stereocenters. The molecule has 2 amide bonds. The zero-order chi connectivity index (χ0) is 15.1. The van der Waals surface area contributed by atoms with Gasteiger partial charge in [-0.15, -0.1) is 0 Å². The molecule has 0 saturated carbocycles. The van der Waals surface area contributed by atoms with E-state index in [9.17, 15) is 14.7 Å². The van der Waals surface area contributed by atoms with Crippen molar-refractivity contribution in [3.63, 3.8) is 0 Å². The third-order valence-corrected chi connectivity index (χ3v) is 2.58. The van der Waals surface area contributed by atoms with Gasteiger partial charge in [-0.1, -0.05) is 12.1 Å². The molecule has 110 valence electrons. The van der Waals surface area contributed by atoms with Gasteiger partial charge in [0.1, 0.15) is 6.10 Å². The minimum Gasteiger partial charge on any atom is -0.381 e. The van der Waals surface area contributed by atoms with Crippen molar-refractivity contribution in [2.24, 2.45) is 5.73 Å². The zero-order valence-electron chi connectivity index (χ0n) is 11.6. The molecule has 0 spiro atoms. The Labute approximate surface area is 117 Å². The van der Waals surface area contributed by atoms with Crippen LogP contribution in [0, 0.1) is 0 Å². The Hall–Kier alpha value is -1.92. The van der Waals surface area contributed by atoms with Gasteiger partial charge in [-0.25, -0.2) is 0 Å². The summed E-state index contributed by atoms with van der Waals surface area (Å²) < 4.78 is 5.45. The summed E-state index contributed by atoms with van der Waals surface area (Å²) in [5.41, 5.74) is 6.29. The number of carbonyl (C=O) groups excluding carboxylic acids is 2. The molecular weight excluding hydrogens is 260 g/mol. The van der Waals surface area contributed by atoms with Crippen LogP contribution in [0.4, 0.5) is 0 Å². The number of nitrogens with two attached hydrogens (primary N) is 1. The van der Waals surface area contributed by atoms with E-state index in [1.807, 2.05) is 13.8 Å². The van der Waals surface area contributed by atoms with Crippen molar-refractivity contribution in [1.29, 1.82) is 0 Å². The molecule has 20 heavy (non-hydrogen) atoms. The highest BCUT2D eigenvalue weighted by molar-refractivity contribution is 5.94. The third kappa shape index (κ3) is 5.38. The van der Waals surface area contributed by atoms with Crippen molar-refractivity contribution in [3.8, 4) is 0 Å². The number of benzene rings is 1. The van der Waals surface area contributed by atoms with E-state index in [4.69, 9.17) is 10.5 Å². The zero-order valence-corrected chi connectivity index (χ0v) is 11.6. The fraction of sp³-hybridized carbons (Fsp3) is 0.429. The Morgan fingerprint density at radius 2 is 1.90 bits per heavy atom. The van der Waals surface area contributed by atoms with Gasteiger partial charge in [-0.3, -0.25) is 9.59 Å². The molecule has 1 unspecified atom stereocenters. The molecule has 1 rings (SSSR count). The van der Waals surface area contributed by atoms with Gasteiger partial charge in [0, 0.05) is 5.56 Å². The normalized spacial score (nSPS) is 12.2. The number of hydrogen-bond acceptors (Lipinski definition) is 4. The summed E-state index contributed by atoms with van der Waals surface area (Å²) in [7, 11) is 0. The first-order valence-corrected chi connectivity index (χ1v) is 6.36. The van der Waals surface area contributed by atoms with Crippen LogP contribution in [-0.2, 0) is 16.1 Å². The van der Waals surface area contributed by atoms with Gasteiger partial charge < -0.3 is 20.9 Å². The van der Waals surface area contributed by atoms with Gasteiger partial charge in [0.25, 0.3) is 5.91 Å². The Morgan fingerprint density at radius 1 is 1.30 bits per heavy atom. The van der Waals surface area contributed by atoms with Gasteiger partial charge >= 0.3 is 0 Å². The van der Waals surface area contributed by atoms with Crippen molar-refractivity contribution >= 4 is 11.8 Å². The van der Waals surface area contributed by atoms with Crippen LogP contribution in [0.2, 0.25) is 0 Å². The first-order chi connectivity index (χ1) is 9.40. The summed E-state index contributed by atoms with van der Waals surface area (Å²) in [6, 6.07) is 6.90. The van der Waals surface area contributed by atoms with E-state index >= 15 is 0 Å². The Bertz CT molecular complexity index is 457. The minimum atomic E-state index is -1.38. The highest BCUT2D eigenvalue weighted by Crippen LogP contribution is 2.07.